The van der Waals surface area contributed by atoms with Crippen LogP contribution in [0.1, 0.15) is 62.8 Å². The number of hydrogen-bond donors (Lipinski definition) is 1. The van der Waals surface area contributed by atoms with Crippen molar-refractivity contribution in [2.45, 2.75) is 57.3 Å². The Morgan fingerprint density at radius 2 is 2.00 bits per heavy atom. The van der Waals surface area contributed by atoms with Crippen molar-refractivity contribution in [3.63, 3.8) is 0 Å². The summed E-state index contributed by atoms with van der Waals surface area (Å²) in [4.78, 5) is 15.7. The van der Waals surface area contributed by atoms with E-state index in [1.165, 1.54) is 37.7 Å². The monoisotopic (exact) mass is 302 g/mol. The highest BCUT2D eigenvalue weighted by atomic mass is 16.5. The number of nitrogens with zero attached hydrogens (tertiary/aromatic N) is 1. The molecule has 3 rings (SSSR count). The number of rotatable bonds is 5. The van der Waals surface area contributed by atoms with Gasteiger partial charge < -0.3 is 10.5 Å². The van der Waals surface area contributed by atoms with Crippen molar-refractivity contribution >= 4 is 5.91 Å². The van der Waals surface area contributed by atoms with Gasteiger partial charge in [-0.25, -0.2) is 4.98 Å². The van der Waals surface area contributed by atoms with E-state index in [0.29, 0.717) is 11.8 Å². The van der Waals surface area contributed by atoms with Gasteiger partial charge in [-0.1, -0.05) is 25.3 Å². The van der Waals surface area contributed by atoms with Gasteiger partial charge in [0.1, 0.15) is 0 Å². The van der Waals surface area contributed by atoms with Gasteiger partial charge in [-0.05, 0) is 49.5 Å². The molecule has 1 amide bonds. The molecule has 1 aromatic heterocycles. The van der Waals surface area contributed by atoms with Crippen molar-refractivity contribution in [1.82, 2.24) is 4.98 Å². The molecule has 2 fully saturated rings. The molecule has 0 saturated heterocycles. The summed E-state index contributed by atoms with van der Waals surface area (Å²) in [7, 11) is 0. The Bertz CT molecular complexity index is 494. The maximum atomic E-state index is 11.3. The highest BCUT2D eigenvalue weighted by molar-refractivity contribution is 5.77. The molecule has 1 aromatic rings. The average Bonchev–Trinajstić information content (AvgIpc) is 3.05. The second kappa shape index (κ2) is 7.12. The number of aromatic nitrogens is 1. The Morgan fingerprint density at radius 3 is 2.64 bits per heavy atom. The van der Waals surface area contributed by atoms with Crippen molar-refractivity contribution in [2.24, 2.45) is 17.6 Å². The van der Waals surface area contributed by atoms with Crippen LogP contribution in [0.3, 0.4) is 0 Å². The lowest BCUT2D eigenvalue weighted by atomic mass is 9.90. The Morgan fingerprint density at radius 1 is 1.18 bits per heavy atom. The molecule has 2 saturated carbocycles. The number of ether oxygens (including phenoxy) is 1. The van der Waals surface area contributed by atoms with Gasteiger partial charge in [0.15, 0.2) is 0 Å². The standard InChI is InChI=1S/C18H26N2O2/c19-18(21)15-7-6-14(10-15)16-8-9-17(20-11-16)22-12-13-4-2-1-3-5-13/h8-9,11,13-15H,1-7,10,12H2,(H2,19,21). The molecule has 4 nitrogen and oxygen atoms in total. The average molecular weight is 302 g/mol. The normalized spacial score (nSPS) is 26.0. The van der Waals surface area contributed by atoms with E-state index in [4.69, 9.17) is 10.5 Å². The molecule has 2 N–H and O–H groups in total. The summed E-state index contributed by atoms with van der Waals surface area (Å²) in [6.07, 6.45) is 11.3. The lowest BCUT2D eigenvalue weighted by Crippen LogP contribution is -2.20. The van der Waals surface area contributed by atoms with E-state index in [1.807, 2.05) is 12.3 Å². The van der Waals surface area contributed by atoms with E-state index in [1.54, 1.807) is 0 Å². The zero-order valence-corrected chi connectivity index (χ0v) is 13.2. The maximum absolute atomic E-state index is 11.3. The number of hydrogen-bond acceptors (Lipinski definition) is 3. The summed E-state index contributed by atoms with van der Waals surface area (Å²) in [5.41, 5.74) is 6.60. The Hall–Kier alpha value is -1.58. The molecule has 0 aliphatic heterocycles. The predicted octanol–water partition coefficient (Wildman–Crippen LogP) is 3.41. The number of primary amides is 1. The van der Waals surface area contributed by atoms with Crippen molar-refractivity contribution in [3.05, 3.63) is 23.9 Å². The van der Waals surface area contributed by atoms with Gasteiger partial charge in [-0.3, -0.25) is 4.79 Å². The van der Waals surface area contributed by atoms with Gasteiger partial charge in [0, 0.05) is 18.2 Å². The third-order valence-electron chi connectivity index (χ3n) is 5.26. The van der Waals surface area contributed by atoms with Crippen LogP contribution in [0, 0.1) is 11.8 Å². The summed E-state index contributed by atoms with van der Waals surface area (Å²) in [5, 5.41) is 0. The first kappa shape index (κ1) is 15.3. The first-order valence-electron chi connectivity index (χ1n) is 8.60. The molecule has 0 radical (unpaired) electrons. The minimum absolute atomic E-state index is 0.0345. The van der Waals surface area contributed by atoms with E-state index in [-0.39, 0.29) is 11.8 Å². The zero-order chi connectivity index (χ0) is 15.4. The lowest BCUT2D eigenvalue weighted by molar-refractivity contribution is -0.121. The molecule has 2 unspecified atom stereocenters. The SMILES string of the molecule is NC(=O)C1CCC(c2ccc(OCC3CCCCC3)nc2)C1. The Balaban J connectivity index is 1.51. The van der Waals surface area contributed by atoms with Crippen LogP contribution in [0.5, 0.6) is 5.88 Å². The minimum Gasteiger partial charge on any atom is -0.477 e. The number of carbonyl (C=O) groups is 1. The first-order chi connectivity index (χ1) is 10.7. The Labute approximate surface area is 132 Å². The molecule has 2 aliphatic rings. The molecule has 2 aliphatic carbocycles. The van der Waals surface area contributed by atoms with Crippen LogP contribution < -0.4 is 10.5 Å². The largest absolute Gasteiger partial charge is 0.477 e. The summed E-state index contributed by atoms with van der Waals surface area (Å²) >= 11 is 0. The summed E-state index contributed by atoms with van der Waals surface area (Å²) in [6, 6.07) is 4.06. The van der Waals surface area contributed by atoms with Gasteiger partial charge in [0.25, 0.3) is 0 Å². The van der Waals surface area contributed by atoms with Gasteiger partial charge in [0.2, 0.25) is 11.8 Å². The fourth-order valence-electron chi connectivity index (χ4n) is 3.82. The summed E-state index contributed by atoms with van der Waals surface area (Å²) in [6.45, 7) is 0.791. The van der Waals surface area contributed by atoms with Crippen LogP contribution in [0.4, 0.5) is 0 Å². The van der Waals surface area contributed by atoms with Crippen LogP contribution in [-0.4, -0.2) is 17.5 Å². The van der Waals surface area contributed by atoms with Crippen LogP contribution in [-0.2, 0) is 4.79 Å². The van der Waals surface area contributed by atoms with Crippen molar-refractivity contribution in [1.29, 1.82) is 0 Å². The Kier molecular flexibility index (Phi) is 4.96. The fraction of sp³-hybridized carbons (Fsp3) is 0.667. The number of carbonyl (C=O) groups excluding carboxylic acids is 1. The summed E-state index contributed by atoms with van der Waals surface area (Å²) in [5.74, 6) is 1.70. The lowest BCUT2D eigenvalue weighted by Gasteiger charge is -2.21. The third-order valence-corrected chi connectivity index (χ3v) is 5.26. The minimum atomic E-state index is -0.164. The van der Waals surface area contributed by atoms with Crippen molar-refractivity contribution < 1.29 is 9.53 Å². The zero-order valence-electron chi connectivity index (χ0n) is 13.2. The number of pyridine rings is 1. The van der Waals surface area contributed by atoms with Crippen LogP contribution in [0.25, 0.3) is 0 Å². The molecule has 0 aromatic carbocycles. The van der Waals surface area contributed by atoms with Crippen LogP contribution >= 0.6 is 0 Å². The smallest absolute Gasteiger partial charge is 0.220 e. The fourth-order valence-corrected chi connectivity index (χ4v) is 3.82. The van der Waals surface area contributed by atoms with Gasteiger partial charge in [0.05, 0.1) is 6.61 Å². The van der Waals surface area contributed by atoms with E-state index < -0.39 is 0 Å². The van der Waals surface area contributed by atoms with E-state index in [0.717, 1.165) is 31.7 Å². The highest BCUT2D eigenvalue weighted by Gasteiger charge is 2.29. The first-order valence-corrected chi connectivity index (χ1v) is 8.60. The topological polar surface area (TPSA) is 65.2 Å². The van der Waals surface area contributed by atoms with E-state index in [9.17, 15) is 4.79 Å². The van der Waals surface area contributed by atoms with E-state index in [2.05, 4.69) is 11.1 Å². The molecular formula is C18H26N2O2. The molecular weight excluding hydrogens is 276 g/mol. The van der Waals surface area contributed by atoms with Crippen LogP contribution in [0.2, 0.25) is 0 Å². The number of nitrogens with two attached hydrogens (primary N) is 1. The molecule has 2 atom stereocenters. The second-order valence-corrected chi connectivity index (χ2v) is 6.85. The molecule has 0 bridgehead atoms. The second-order valence-electron chi connectivity index (χ2n) is 6.85. The summed E-state index contributed by atoms with van der Waals surface area (Å²) < 4.78 is 5.84. The molecule has 0 spiro atoms. The van der Waals surface area contributed by atoms with Gasteiger partial charge in [-0.15, -0.1) is 0 Å². The van der Waals surface area contributed by atoms with Crippen LogP contribution in [0.15, 0.2) is 18.3 Å². The molecule has 1 heterocycles. The van der Waals surface area contributed by atoms with Crippen molar-refractivity contribution in [2.75, 3.05) is 6.61 Å². The third kappa shape index (κ3) is 3.79. The number of amides is 1. The maximum Gasteiger partial charge on any atom is 0.220 e. The van der Waals surface area contributed by atoms with E-state index >= 15 is 0 Å². The van der Waals surface area contributed by atoms with Gasteiger partial charge >= 0.3 is 0 Å². The highest BCUT2D eigenvalue weighted by Crippen LogP contribution is 2.38. The van der Waals surface area contributed by atoms with Gasteiger partial charge in [-0.2, -0.15) is 0 Å². The molecule has 22 heavy (non-hydrogen) atoms. The molecule has 4 heteroatoms. The molecule has 120 valence electrons. The quantitative estimate of drug-likeness (QED) is 0.906. The van der Waals surface area contributed by atoms with Crippen molar-refractivity contribution in [3.8, 4) is 5.88 Å². The predicted molar refractivity (Wildman–Crippen MR) is 85.6 cm³/mol.